The molecule has 2 aromatic rings. The molecule has 3 heteroatoms. The molecule has 2 rings (SSSR count). The van der Waals surface area contributed by atoms with E-state index in [0.717, 1.165) is 17.7 Å². The van der Waals surface area contributed by atoms with Gasteiger partial charge in [0.2, 0.25) is 0 Å². The molecule has 1 nitrogen and oxygen atoms in total. The predicted octanol–water partition coefficient (Wildman–Crippen LogP) is 3.74. The molecule has 2 aromatic carbocycles. The fourth-order valence-electron chi connectivity index (χ4n) is 1.79. The quantitative estimate of drug-likeness (QED) is 0.867. The maximum absolute atomic E-state index is 13.6. The molecule has 0 aliphatic rings. The van der Waals surface area contributed by atoms with E-state index in [1.165, 1.54) is 18.2 Å². The van der Waals surface area contributed by atoms with Crippen molar-refractivity contribution >= 4 is 0 Å². The van der Waals surface area contributed by atoms with Crippen molar-refractivity contribution in [1.29, 1.82) is 0 Å². The van der Waals surface area contributed by atoms with Gasteiger partial charge in [0, 0.05) is 12.1 Å². The highest BCUT2D eigenvalue weighted by atomic mass is 19.1. The second kappa shape index (κ2) is 5.74. The molecular formula is C15H15F2N. The van der Waals surface area contributed by atoms with Gasteiger partial charge in [-0.15, -0.1) is 0 Å². The molecule has 0 spiro atoms. The number of benzene rings is 2. The van der Waals surface area contributed by atoms with Gasteiger partial charge >= 0.3 is 0 Å². The molecule has 0 aromatic heterocycles. The fraction of sp³-hybridized carbons (Fsp3) is 0.200. The molecule has 0 atom stereocenters. The maximum atomic E-state index is 13.6. The van der Waals surface area contributed by atoms with Crippen molar-refractivity contribution in [2.45, 2.75) is 13.5 Å². The summed E-state index contributed by atoms with van der Waals surface area (Å²) in [6.07, 6.45) is 0. The minimum absolute atomic E-state index is 0.221. The SMILES string of the molecule is CCNCc1cc(-c2ccc(F)cc2)ccc1F. The van der Waals surface area contributed by atoms with E-state index in [1.807, 2.05) is 6.92 Å². The summed E-state index contributed by atoms with van der Waals surface area (Å²) < 4.78 is 26.4. The third-order valence-corrected chi connectivity index (χ3v) is 2.79. The lowest BCUT2D eigenvalue weighted by Crippen LogP contribution is -2.12. The van der Waals surface area contributed by atoms with Crippen molar-refractivity contribution in [2.75, 3.05) is 6.54 Å². The fourth-order valence-corrected chi connectivity index (χ4v) is 1.79. The summed E-state index contributed by atoms with van der Waals surface area (Å²) in [7, 11) is 0. The third kappa shape index (κ3) is 2.93. The Morgan fingerprint density at radius 2 is 1.61 bits per heavy atom. The first-order valence-electron chi connectivity index (χ1n) is 5.96. The van der Waals surface area contributed by atoms with Gasteiger partial charge in [-0.2, -0.15) is 0 Å². The first kappa shape index (κ1) is 12.7. The van der Waals surface area contributed by atoms with Crippen molar-refractivity contribution in [2.24, 2.45) is 0 Å². The number of hydrogen-bond acceptors (Lipinski definition) is 1. The van der Waals surface area contributed by atoms with Crippen LogP contribution in [0.1, 0.15) is 12.5 Å². The van der Waals surface area contributed by atoms with Crippen LogP contribution >= 0.6 is 0 Å². The summed E-state index contributed by atoms with van der Waals surface area (Å²) in [4.78, 5) is 0. The van der Waals surface area contributed by atoms with Gasteiger partial charge in [-0.3, -0.25) is 0 Å². The second-order valence-electron chi connectivity index (χ2n) is 4.09. The lowest BCUT2D eigenvalue weighted by atomic mass is 10.0. The highest BCUT2D eigenvalue weighted by Gasteiger charge is 2.05. The van der Waals surface area contributed by atoms with Gasteiger partial charge in [0.15, 0.2) is 0 Å². The monoisotopic (exact) mass is 247 g/mol. The van der Waals surface area contributed by atoms with Crippen molar-refractivity contribution in [3.63, 3.8) is 0 Å². The average Bonchev–Trinajstić information content (AvgIpc) is 2.39. The molecule has 94 valence electrons. The molecule has 0 fully saturated rings. The molecule has 0 saturated carbocycles. The summed E-state index contributed by atoms with van der Waals surface area (Å²) >= 11 is 0. The first-order chi connectivity index (χ1) is 8.70. The Morgan fingerprint density at radius 1 is 0.944 bits per heavy atom. The molecule has 0 bridgehead atoms. The topological polar surface area (TPSA) is 12.0 Å². The van der Waals surface area contributed by atoms with E-state index >= 15 is 0 Å². The lowest BCUT2D eigenvalue weighted by Gasteiger charge is -2.07. The van der Waals surface area contributed by atoms with Gasteiger partial charge in [0.1, 0.15) is 11.6 Å². The van der Waals surface area contributed by atoms with E-state index in [1.54, 1.807) is 24.3 Å². The zero-order valence-electron chi connectivity index (χ0n) is 10.2. The highest BCUT2D eigenvalue weighted by Crippen LogP contribution is 2.22. The Kier molecular flexibility index (Phi) is 4.05. The van der Waals surface area contributed by atoms with E-state index in [2.05, 4.69) is 5.32 Å². The van der Waals surface area contributed by atoms with Crippen molar-refractivity contribution < 1.29 is 8.78 Å². The molecule has 18 heavy (non-hydrogen) atoms. The predicted molar refractivity (Wildman–Crippen MR) is 69.2 cm³/mol. The van der Waals surface area contributed by atoms with Crippen LogP contribution in [0.15, 0.2) is 42.5 Å². The van der Waals surface area contributed by atoms with E-state index in [9.17, 15) is 8.78 Å². The van der Waals surface area contributed by atoms with E-state index < -0.39 is 0 Å². The summed E-state index contributed by atoms with van der Waals surface area (Å²) in [6, 6.07) is 11.2. The molecule has 0 unspecified atom stereocenters. The summed E-state index contributed by atoms with van der Waals surface area (Å²) in [6.45, 7) is 3.26. The van der Waals surface area contributed by atoms with Gasteiger partial charge in [-0.05, 0) is 41.9 Å². The van der Waals surface area contributed by atoms with Crippen LogP contribution in [-0.2, 0) is 6.54 Å². The Morgan fingerprint density at radius 3 is 2.28 bits per heavy atom. The highest BCUT2D eigenvalue weighted by molar-refractivity contribution is 5.64. The Bertz CT molecular complexity index is 521. The zero-order chi connectivity index (χ0) is 13.0. The molecule has 0 saturated heterocycles. The van der Waals surface area contributed by atoms with Gasteiger partial charge in [-0.25, -0.2) is 8.78 Å². The number of nitrogens with one attached hydrogen (secondary N) is 1. The summed E-state index contributed by atoms with van der Waals surface area (Å²) in [5, 5.41) is 3.09. The maximum Gasteiger partial charge on any atom is 0.127 e. The molecule has 0 aliphatic heterocycles. The minimum atomic E-state index is -0.270. The standard InChI is InChI=1S/C15H15F2N/c1-2-18-10-13-9-12(5-8-15(13)17)11-3-6-14(16)7-4-11/h3-9,18H,2,10H2,1H3. The van der Waals surface area contributed by atoms with Crippen molar-refractivity contribution in [1.82, 2.24) is 5.32 Å². The summed E-state index contributed by atoms with van der Waals surface area (Å²) in [5.74, 6) is -0.490. The van der Waals surface area contributed by atoms with E-state index in [0.29, 0.717) is 12.1 Å². The van der Waals surface area contributed by atoms with Crippen LogP contribution in [0, 0.1) is 11.6 Å². The Hall–Kier alpha value is -1.74. The second-order valence-corrected chi connectivity index (χ2v) is 4.09. The molecule has 0 radical (unpaired) electrons. The van der Waals surface area contributed by atoms with Gasteiger partial charge < -0.3 is 5.32 Å². The van der Waals surface area contributed by atoms with E-state index in [-0.39, 0.29) is 11.6 Å². The van der Waals surface area contributed by atoms with Crippen LogP contribution in [0.4, 0.5) is 8.78 Å². The van der Waals surface area contributed by atoms with Crippen LogP contribution in [0.2, 0.25) is 0 Å². The van der Waals surface area contributed by atoms with Crippen molar-refractivity contribution in [3.8, 4) is 11.1 Å². The minimum Gasteiger partial charge on any atom is -0.313 e. The van der Waals surface area contributed by atoms with Crippen LogP contribution in [0.5, 0.6) is 0 Å². The van der Waals surface area contributed by atoms with Gasteiger partial charge in [0.05, 0.1) is 0 Å². The zero-order valence-corrected chi connectivity index (χ0v) is 10.2. The lowest BCUT2D eigenvalue weighted by molar-refractivity contribution is 0.593. The number of rotatable bonds is 4. The third-order valence-electron chi connectivity index (χ3n) is 2.79. The Labute approximate surface area is 105 Å². The molecule has 1 N–H and O–H groups in total. The van der Waals surface area contributed by atoms with Gasteiger partial charge in [-0.1, -0.05) is 25.1 Å². The molecule has 0 heterocycles. The van der Waals surface area contributed by atoms with Crippen LogP contribution in [0.25, 0.3) is 11.1 Å². The average molecular weight is 247 g/mol. The van der Waals surface area contributed by atoms with Crippen molar-refractivity contribution in [3.05, 3.63) is 59.7 Å². The molecule has 0 aliphatic carbocycles. The molecule has 0 amide bonds. The molecular weight excluding hydrogens is 232 g/mol. The van der Waals surface area contributed by atoms with Gasteiger partial charge in [0.25, 0.3) is 0 Å². The number of hydrogen-bond donors (Lipinski definition) is 1. The summed E-state index contributed by atoms with van der Waals surface area (Å²) in [5.41, 5.74) is 2.40. The van der Waals surface area contributed by atoms with E-state index in [4.69, 9.17) is 0 Å². The largest absolute Gasteiger partial charge is 0.313 e. The first-order valence-corrected chi connectivity index (χ1v) is 5.96. The van der Waals surface area contributed by atoms with Crippen LogP contribution < -0.4 is 5.32 Å². The Balaban J connectivity index is 2.31. The number of halogens is 2. The van der Waals surface area contributed by atoms with Crippen LogP contribution in [0.3, 0.4) is 0 Å². The normalized spacial score (nSPS) is 10.6. The van der Waals surface area contributed by atoms with Crippen LogP contribution in [-0.4, -0.2) is 6.54 Å². The smallest absolute Gasteiger partial charge is 0.127 e.